The second kappa shape index (κ2) is 5.08. The third-order valence-corrected chi connectivity index (χ3v) is 3.79. The SMILES string of the molecule is NC1CCCc2nc(-c3cc(Cl)cc(Cl)c3)ncc21. The van der Waals surface area contributed by atoms with Gasteiger partial charge in [0.05, 0.1) is 0 Å². The van der Waals surface area contributed by atoms with Crippen LogP contribution < -0.4 is 5.73 Å². The van der Waals surface area contributed by atoms with Crippen molar-refractivity contribution in [3.63, 3.8) is 0 Å². The highest BCUT2D eigenvalue weighted by molar-refractivity contribution is 6.35. The fraction of sp³-hybridized carbons (Fsp3) is 0.286. The van der Waals surface area contributed by atoms with Gasteiger partial charge < -0.3 is 5.73 Å². The number of fused-ring (bicyclic) bond motifs is 1. The molecule has 19 heavy (non-hydrogen) atoms. The summed E-state index contributed by atoms with van der Waals surface area (Å²) in [4.78, 5) is 8.99. The van der Waals surface area contributed by atoms with Gasteiger partial charge >= 0.3 is 0 Å². The Morgan fingerprint density at radius 2 is 1.89 bits per heavy atom. The van der Waals surface area contributed by atoms with Crippen LogP contribution >= 0.6 is 23.2 Å². The lowest BCUT2D eigenvalue weighted by Gasteiger charge is -2.21. The minimum Gasteiger partial charge on any atom is -0.324 e. The van der Waals surface area contributed by atoms with Crippen LogP contribution in [0.25, 0.3) is 11.4 Å². The molecule has 3 rings (SSSR count). The van der Waals surface area contributed by atoms with E-state index in [2.05, 4.69) is 9.97 Å². The summed E-state index contributed by atoms with van der Waals surface area (Å²) in [5, 5.41) is 1.17. The molecular weight excluding hydrogens is 281 g/mol. The lowest BCUT2D eigenvalue weighted by molar-refractivity contribution is 0.557. The minimum absolute atomic E-state index is 0.0562. The molecule has 0 aliphatic heterocycles. The first-order chi connectivity index (χ1) is 9.13. The quantitative estimate of drug-likeness (QED) is 0.870. The smallest absolute Gasteiger partial charge is 0.159 e. The molecule has 1 unspecified atom stereocenters. The molecule has 0 bridgehead atoms. The van der Waals surface area contributed by atoms with Crippen molar-refractivity contribution in [3.05, 3.63) is 45.7 Å². The van der Waals surface area contributed by atoms with Crippen molar-refractivity contribution < 1.29 is 0 Å². The fourth-order valence-electron chi connectivity index (χ4n) is 2.40. The first kappa shape index (κ1) is 12.9. The van der Waals surface area contributed by atoms with Crippen molar-refractivity contribution >= 4 is 23.2 Å². The molecule has 1 atom stereocenters. The van der Waals surface area contributed by atoms with Gasteiger partial charge in [0.1, 0.15) is 0 Å². The lowest BCUT2D eigenvalue weighted by atomic mass is 9.93. The van der Waals surface area contributed by atoms with Gasteiger partial charge in [0.25, 0.3) is 0 Å². The number of rotatable bonds is 1. The van der Waals surface area contributed by atoms with Gasteiger partial charge in [-0.2, -0.15) is 0 Å². The van der Waals surface area contributed by atoms with Crippen LogP contribution in [0.2, 0.25) is 10.0 Å². The van der Waals surface area contributed by atoms with Gasteiger partial charge in [-0.3, -0.25) is 0 Å². The number of nitrogens with zero attached hydrogens (tertiary/aromatic N) is 2. The van der Waals surface area contributed by atoms with E-state index in [0.29, 0.717) is 15.9 Å². The maximum absolute atomic E-state index is 6.06. The average molecular weight is 294 g/mol. The summed E-state index contributed by atoms with van der Waals surface area (Å²) in [6.45, 7) is 0. The van der Waals surface area contributed by atoms with E-state index in [1.54, 1.807) is 6.07 Å². The topological polar surface area (TPSA) is 51.8 Å². The van der Waals surface area contributed by atoms with Crippen molar-refractivity contribution in [3.8, 4) is 11.4 Å². The van der Waals surface area contributed by atoms with Crippen molar-refractivity contribution in [2.24, 2.45) is 5.73 Å². The molecule has 2 aromatic rings. The number of benzene rings is 1. The van der Waals surface area contributed by atoms with Crippen LogP contribution in [0, 0.1) is 0 Å². The largest absolute Gasteiger partial charge is 0.324 e. The van der Waals surface area contributed by atoms with Gasteiger partial charge in [-0.25, -0.2) is 9.97 Å². The van der Waals surface area contributed by atoms with E-state index < -0.39 is 0 Å². The molecule has 3 nitrogen and oxygen atoms in total. The van der Waals surface area contributed by atoms with Crippen LogP contribution in [-0.4, -0.2) is 9.97 Å². The Morgan fingerprint density at radius 1 is 1.16 bits per heavy atom. The Balaban J connectivity index is 2.06. The summed E-state index contributed by atoms with van der Waals surface area (Å²) >= 11 is 12.0. The molecule has 0 radical (unpaired) electrons. The van der Waals surface area contributed by atoms with E-state index in [4.69, 9.17) is 28.9 Å². The molecule has 1 aromatic carbocycles. The fourth-order valence-corrected chi connectivity index (χ4v) is 2.93. The van der Waals surface area contributed by atoms with E-state index in [1.807, 2.05) is 18.3 Å². The molecule has 1 heterocycles. The lowest BCUT2D eigenvalue weighted by Crippen LogP contribution is -2.19. The second-order valence-electron chi connectivity index (χ2n) is 4.75. The second-order valence-corrected chi connectivity index (χ2v) is 5.63. The highest BCUT2D eigenvalue weighted by Gasteiger charge is 2.19. The molecule has 0 spiro atoms. The minimum atomic E-state index is 0.0562. The van der Waals surface area contributed by atoms with Gasteiger partial charge in [0.2, 0.25) is 0 Å². The van der Waals surface area contributed by atoms with Gasteiger partial charge in [0.15, 0.2) is 5.82 Å². The number of hydrogen-bond acceptors (Lipinski definition) is 3. The summed E-state index contributed by atoms with van der Waals surface area (Å²) in [5.41, 5.74) is 8.99. The van der Waals surface area contributed by atoms with Gasteiger partial charge in [0, 0.05) is 39.1 Å². The maximum atomic E-state index is 6.06. The zero-order chi connectivity index (χ0) is 13.4. The summed E-state index contributed by atoms with van der Waals surface area (Å²) < 4.78 is 0. The van der Waals surface area contributed by atoms with Gasteiger partial charge in [-0.05, 0) is 37.5 Å². The van der Waals surface area contributed by atoms with Crippen LogP contribution in [0.5, 0.6) is 0 Å². The van der Waals surface area contributed by atoms with Crippen molar-refractivity contribution in [1.29, 1.82) is 0 Å². The molecule has 0 amide bonds. The van der Waals surface area contributed by atoms with Crippen LogP contribution in [0.1, 0.15) is 30.1 Å². The summed E-state index contributed by atoms with van der Waals surface area (Å²) in [7, 11) is 0. The summed E-state index contributed by atoms with van der Waals surface area (Å²) in [6, 6.07) is 5.39. The van der Waals surface area contributed by atoms with E-state index in [1.165, 1.54) is 0 Å². The average Bonchev–Trinajstić information content (AvgIpc) is 2.37. The van der Waals surface area contributed by atoms with E-state index >= 15 is 0 Å². The molecule has 0 saturated heterocycles. The molecule has 1 aromatic heterocycles. The molecular formula is C14H13Cl2N3. The van der Waals surface area contributed by atoms with Crippen molar-refractivity contribution in [2.75, 3.05) is 0 Å². The molecule has 98 valence electrons. The molecule has 0 fully saturated rings. The monoisotopic (exact) mass is 293 g/mol. The Bertz CT molecular complexity index is 608. The maximum Gasteiger partial charge on any atom is 0.159 e. The highest BCUT2D eigenvalue weighted by atomic mass is 35.5. The summed E-state index contributed by atoms with van der Waals surface area (Å²) in [5.74, 6) is 0.650. The Hall–Kier alpha value is -1.16. The number of halogens is 2. The van der Waals surface area contributed by atoms with Gasteiger partial charge in [-0.1, -0.05) is 23.2 Å². The molecule has 0 saturated carbocycles. The predicted molar refractivity (Wildman–Crippen MR) is 77.4 cm³/mol. The van der Waals surface area contributed by atoms with Gasteiger partial charge in [-0.15, -0.1) is 0 Å². The number of aryl methyl sites for hydroxylation is 1. The predicted octanol–water partition coefficient (Wildman–Crippen LogP) is 3.79. The number of nitrogens with two attached hydrogens (primary N) is 1. The van der Waals surface area contributed by atoms with Crippen molar-refractivity contribution in [1.82, 2.24) is 9.97 Å². The van der Waals surface area contributed by atoms with E-state index in [9.17, 15) is 0 Å². The highest BCUT2D eigenvalue weighted by Crippen LogP contribution is 2.29. The Morgan fingerprint density at radius 3 is 2.63 bits per heavy atom. The molecule has 1 aliphatic rings. The standard InChI is InChI=1S/C14H13Cl2N3/c15-9-4-8(5-10(16)6-9)14-18-7-11-12(17)2-1-3-13(11)19-14/h4-7,12H,1-3,17H2. The normalized spacial score (nSPS) is 18.2. The number of aromatic nitrogens is 2. The first-order valence-corrected chi connectivity index (χ1v) is 6.97. The van der Waals surface area contributed by atoms with Crippen LogP contribution in [0.3, 0.4) is 0 Å². The zero-order valence-electron chi connectivity index (χ0n) is 10.2. The third-order valence-electron chi connectivity index (χ3n) is 3.35. The zero-order valence-corrected chi connectivity index (χ0v) is 11.7. The Kier molecular flexibility index (Phi) is 3.44. The number of hydrogen-bond donors (Lipinski definition) is 1. The molecule has 1 aliphatic carbocycles. The Labute approximate surface area is 121 Å². The molecule has 5 heteroatoms. The van der Waals surface area contributed by atoms with E-state index in [0.717, 1.165) is 36.1 Å². The summed E-state index contributed by atoms with van der Waals surface area (Å²) in [6.07, 6.45) is 4.85. The van der Waals surface area contributed by atoms with Crippen molar-refractivity contribution in [2.45, 2.75) is 25.3 Å². The van der Waals surface area contributed by atoms with Crippen LogP contribution in [0.15, 0.2) is 24.4 Å². The molecule has 2 N–H and O–H groups in total. The van der Waals surface area contributed by atoms with E-state index in [-0.39, 0.29) is 6.04 Å². The first-order valence-electron chi connectivity index (χ1n) is 6.21. The third kappa shape index (κ3) is 2.59. The van der Waals surface area contributed by atoms with Crippen LogP contribution in [0.4, 0.5) is 0 Å². The van der Waals surface area contributed by atoms with Crippen LogP contribution in [-0.2, 0) is 6.42 Å².